The number of hydrogen-bond donors (Lipinski definition) is 1. The second-order valence-corrected chi connectivity index (χ2v) is 7.58. The summed E-state index contributed by atoms with van der Waals surface area (Å²) in [6.45, 7) is 5.58. The number of ether oxygens (including phenoxy) is 1. The van der Waals surface area contributed by atoms with Crippen LogP contribution in [0.25, 0.3) is 0 Å². The third-order valence-corrected chi connectivity index (χ3v) is 5.50. The average molecular weight is 399 g/mol. The van der Waals surface area contributed by atoms with Crippen molar-refractivity contribution in [2.75, 3.05) is 26.2 Å². The lowest BCUT2D eigenvalue weighted by Crippen LogP contribution is -2.40. The molecule has 0 aromatic heterocycles. The molecule has 1 N–H and O–H groups in total. The normalized spacial score (nSPS) is 15.2. The van der Waals surface area contributed by atoms with E-state index >= 15 is 0 Å². The summed E-state index contributed by atoms with van der Waals surface area (Å²) in [5.74, 6) is 0.984. The summed E-state index contributed by atoms with van der Waals surface area (Å²) < 4.78 is 19.5. The molecule has 29 heavy (non-hydrogen) atoms. The summed E-state index contributed by atoms with van der Waals surface area (Å²) in [7, 11) is 0. The Kier molecular flexibility index (Phi) is 8.05. The zero-order valence-electron chi connectivity index (χ0n) is 17.2. The molecule has 1 amide bonds. The van der Waals surface area contributed by atoms with Gasteiger partial charge in [-0.3, -0.25) is 9.69 Å². The van der Waals surface area contributed by atoms with Gasteiger partial charge in [-0.2, -0.15) is 0 Å². The molecule has 2 aromatic carbocycles. The minimum Gasteiger partial charge on any atom is -0.494 e. The zero-order chi connectivity index (χ0) is 20.5. The van der Waals surface area contributed by atoms with E-state index in [0.717, 1.165) is 50.1 Å². The smallest absolute Gasteiger partial charge is 0.223 e. The molecule has 0 bridgehead atoms. The first kappa shape index (κ1) is 21.3. The Bertz CT molecular complexity index is 788. The summed E-state index contributed by atoms with van der Waals surface area (Å²) in [6, 6.07) is 15.0. The van der Waals surface area contributed by atoms with E-state index in [9.17, 15) is 9.18 Å². The second-order valence-electron chi connectivity index (χ2n) is 7.58. The molecule has 1 heterocycles. The lowest BCUT2D eigenvalue weighted by Gasteiger charge is -2.31. The monoisotopic (exact) mass is 398 g/mol. The summed E-state index contributed by atoms with van der Waals surface area (Å²) in [5, 5.41) is 3.09. The fraction of sp³-hybridized carbons (Fsp3) is 0.458. The molecule has 1 aliphatic heterocycles. The third-order valence-electron chi connectivity index (χ3n) is 5.50. The van der Waals surface area contributed by atoms with E-state index in [0.29, 0.717) is 19.7 Å². The number of nitrogens with one attached hydrogen (secondary N) is 1. The van der Waals surface area contributed by atoms with Gasteiger partial charge in [-0.05, 0) is 63.4 Å². The molecule has 0 saturated carbocycles. The molecule has 4 nitrogen and oxygen atoms in total. The van der Waals surface area contributed by atoms with Crippen LogP contribution in [-0.2, 0) is 17.8 Å². The van der Waals surface area contributed by atoms with E-state index < -0.39 is 0 Å². The Morgan fingerprint density at radius 3 is 2.52 bits per heavy atom. The van der Waals surface area contributed by atoms with E-state index in [1.807, 2.05) is 37.3 Å². The highest BCUT2D eigenvalue weighted by Crippen LogP contribution is 2.21. The number of piperidine rings is 1. The molecule has 1 aliphatic rings. The first-order chi connectivity index (χ1) is 14.2. The van der Waals surface area contributed by atoms with Gasteiger partial charge in [-0.15, -0.1) is 0 Å². The van der Waals surface area contributed by atoms with Crippen LogP contribution in [0.5, 0.6) is 5.75 Å². The molecule has 0 spiro atoms. The van der Waals surface area contributed by atoms with Crippen LogP contribution in [0.2, 0.25) is 0 Å². The summed E-state index contributed by atoms with van der Waals surface area (Å²) in [4.78, 5) is 14.7. The highest BCUT2D eigenvalue weighted by molar-refractivity contribution is 5.78. The van der Waals surface area contributed by atoms with Crippen LogP contribution in [0.1, 0.15) is 37.3 Å². The maximum absolute atomic E-state index is 13.8. The number of amides is 1. The largest absolute Gasteiger partial charge is 0.494 e. The molecule has 2 aromatic rings. The lowest BCUT2D eigenvalue weighted by molar-refractivity contribution is -0.126. The first-order valence-corrected chi connectivity index (χ1v) is 10.6. The van der Waals surface area contributed by atoms with Crippen molar-refractivity contribution < 1.29 is 13.9 Å². The third kappa shape index (κ3) is 6.29. The Hall–Kier alpha value is -2.40. The topological polar surface area (TPSA) is 41.6 Å². The van der Waals surface area contributed by atoms with E-state index in [1.165, 1.54) is 11.6 Å². The van der Waals surface area contributed by atoms with E-state index in [-0.39, 0.29) is 17.6 Å². The molecule has 5 heteroatoms. The Morgan fingerprint density at radius 1 is 1.10 bits per heavy atom. The van der Waals surface area contributed by atoms with Crippen LogP contribution in [-0.4, -0.2) is 37.0 Å². The minimum atomic E-state index is -0.154. The van der Waals surface area contributed by atoms with Crippen LogP contribution in [0, 0.1) is 11.7 Å². The standard InChI is InChI=1S/C24H31FN2O2/c1-2-29-23-12-6-4-8-19(23)10-7-15-26-24(28)20-13-16-27(17-14-20)18-21-9-3-5-11-22(21)25/h3-6,8-9,11-12,20H,2,7,10,13-18H2,1H3,(H,26,28). The predicted molar refractivity (Wildman–Crippen MR) is 113 cm³/mol. The molecule has 1 saturated heterocycles. The second kappa shape index (κ2) is 11.0. The molecule has 0 radical (unpaired) electrons. The number of hydrogen-bond acceptors (Lipinski definition) is 3. The van der Waals surface area contributed by atoms with E-state index in [4.69, 9.17) is 4.74 Å². The summed E-state index contributed by atoms with van der Waals surface area (Å²) in [5.41, 5.74) is 1.91. The molecule has 156 valence electrons. The van der Waals surface area contributed by atoms with Gasteiger partial charge in [0.25, 0.3) is 0 Å². The quantitative estimate of drug-likeness (QED) is 0.644. The molecule has 3 rings (SSSR count). The van der Waals surface area contributed by atoms with Crippen molar-refractivity contribution in [3.63, 3.8) is 0 Å². The average Bonchev–Trinajstić information content (AvgIpc) is 2.74. The first-order valence-electron chi connectivity index (χ1n) is 10.6. The molecule has 0 atom stereocenters. The van der Waals surface area contributed by atoms with Crippen molar-refractivity contribution in [1.29, 1.82) is 0 Å². The number of halogens is 1. The Morgan fingerprint density at radius 2 is 1.79 bits per heavy atom. The van der Waals surface area contributed by atoms with Crippen LogP contribution in [0.4, 0.5) is 4.39 Å². The number of aryl methyl sites for hydroxylation is 1. The van der Waals surface area contributed by atoms with E-state index in [2.05, 4.69) is 16.3 Å². The number of likely N-dealkylation sites (tertiary alicyclic amines) is 1. The molecular formula is C24H31FN2O2. The number of rotatable bonds is 9. The number of carbonyl (C=O) groups excluding carboxylic acids is 1. The molecule has 1 fully saturated rings. The predicted octanol–water partition coefficient (Wildman–Crippen LogP) is 4.19. The van der Waals surface area contributed by atoms with Crippen LogP contribution in [0.3, 0.4) is 0 Å². The van der Waals surface area contributed by atoms with Gasteiger partial charge >= 0.3 is 0 Å². The minimum absolute atomic E-state index is 0.0579. The Labute approximate surface area is 173 Å². The Balaban J connectivity index is 1.36. The van der Waals surface area contributed by atoms with Gasteiger partial charge in [0.05, 0.1) is 6.61 Å². The van der Waals surface area contributed by atoms with Gasteiger partial charge in [0, 0.05) is 24.6 Å². The van der Waals surface area contributed by atoms with Gasteiger partial charge in [0.2, 0.25) is 5.91 Å². The van der Waals surface area contributed by atoms with Gasteiger partial charge in [0.1, 0.15) is 11.6 Å². The fourth-order valence-corrected chi connectivity index (χ4v) is 3.86. The van der Waals surface area contributed by atoms with Gasteiger partial charge < -0.3 is 10.1 Å². The molecule has 0 unspecified atom stereocenters. The van der Waals surface area contributed by atoms with Crippen molar-refractivity contribution >= 4 is 5.91 Å². The number of nitrogens with zero attached hydrogens (tertiary/aromatic N) is 1. The van der Waals surface area contributed by atoms with Gasteiger partial charge in [-0.25, -0.2) is 4.39 Å². The van der Waals surface area contributed by atoms with Crippen LogP contribution < -0.4 is 10.1 Å². The highest BCUT2D eigenvalue weighted by Gasteiger charge is 2.25. The lowest BCUT2D eigenvalue weighted by atomic mass is 9.95. The summed E-state index contributed by atoms with van der Waals surface area (Å²) in [6.07, 6.45) is 3.43. The van der Waals surface area contributed by atoms with Gasteiger partial charge in [-0.1, -0.05) is 36.4 Å². The van der Waals surface area contributed by atoms with Gasteiger partial charge in [0.15, 0.2) is 0 Å². The number of carbonyl (C=O) groups is 1. The highest BCUT2D eigenvalue weighted by atomic mass is 19.1. The van der Waals surface area contributed by atoms with Crippen molar-refractivity contribution in [2.24, 2.45) is 5.92 Å². The number of benzene rings is 2. The van der Waals surface area contributed by atoms with Crippen LogP contribution >= 0.6 is 0 Å². The number of para-hydroxylation sites is 1. The van der Waals surface area contributed by atoms with Crippen LogP contribution in [0.15, 0.2) is 48.5 Å². The van der Waals surface area contributed by atoms with Crippen molar-refractivity contribution in [1.82, 2.24) is 10.2 Å². The van der Waals surface area contributed by atoms with E-state index in [1.54, 1.807) is 6.07 Å². The maximum Gasteiger partial charge on any atom is 0.223 e. The SMILES string of the molecule is CCOc1ccccc1CCCNC(=O)C1CCN(Cc2ccccc2F)CC1. The zero-order valence-corrected chi connectivity index (χ0v) is 17.2. The van der Waals surface area contributed by atoms with Crippen molar-refractivity contribution in [2.45, 2.75) is 39.2 Å². The summed E-state index contributed by atoms with van der Waals surface area (Å²) >= 11 is 0. The fourth-order valence-electron chi connectivity index (χ4n) is 3.86. The van der Waals surface area contributed by atoms with Crippen molar-refractivity contribution in [3.8, 4) is 5.75 Å². The van der Waals surface area contributed by atoms with Crippen molar-refractivity contribution in [3.05, 3.63) is 65.5 Å². The molecular weight excluding hydrogens is 367 g/mol. The molecule has 0 aliphatic carbocycles. The maximum atomic E-state index is 13.8.